The maximum Gasteiger partial charge on any atom is 0.172 e. The van der Waals surface area contributed by atoms with Crippen LogP contribution in [0.15, 0.2) is 6.20 Å². The number of nitrogen functional groups attached to an aromatic ring is 1. The topological polar surface area (TPSA) is 89.1 Å². The Kier molecular flexibility index (Phi) is 2.92. The molecule has 5 nitrogen and oxygen atoms in total. The second-order valence-corrected chi connectivity index (χ2v) is 2.61. The van der Waals surface area contributed by atoms with Gasteiger partial charge in [0.1, 0.15) is 5.69 Å². The van der Waals surface area contributed by atoms with Gasteiger partial charge in [-0.15, -0.1) is 0 Å². The van der Waals surface area contributed by atoms with Crippen LogP contribution in [0.3, 0.4) is 0 Å². The second kappa shape index (κ2) is 3.95. The van der Waals surface area contributed by atoms with E-state index in [1.165, 1.54) is 6.20 Å². The van der Waals surface area contributed by atoms with Crippen LogP contribution in [0.5, 0.6) is 0 Å². The van der Waals surface area contributed by atoms with Crippen LogP contribution in [0.25, 0.3) is 0 Å². The van der Waals surface area contributed by atoms with Crippen molar-refractivity contribution in [3.05, 3.63) is 17.6 Å². The number of aldehydes is 1. The first-order valence-corrected chi connectivity index (χ1v) is 3.94. The molecule has 0 fully saturated rings. The zero-order valence-electron chi connectivity index (χ0n) is 7.27. The normalized spacial score (nSPS) is 12.5. The third-order valence-electron chi connectivity index (χ3n) is 1.69. The van der Waals surface area contributed by atoms with E-state index in [2.05, 4.69) is 9.97 Å². The third-order valence-corrected chi connectivity index (χ3v) is 1.69. The van der Waals surface area contributed by atoms with Crippen LogP contribution in [-0.4, -0.2) is 21.4 Å². The molecule has 1 unspecified atom stereocenters. The van der Waals surface area contributed by atoms with E-state index in [1.54, 1.807) is 0 Å². The van der Waals surface area contributed by atoms with Crippen LogP contribution in [0.4, 0.5) is 5.82 Å². The maximum atomic E-state index is 10.4. The summed E-state index contributed by atoms with van der Waals surface area (Å²) >= 11 is 0. The first-order valence-electron chi connectivity index (χ1n) is 3.94. The third kappa shape index (κ3) is 2.00. The van der Waals surface area contributed by atoms with Crippen LogP contribution in [-0.2, 0) is 0 Å². The van der Waals surface area contributed by atoms with Crippen LogP contribution in [0, 0.1) is 0 Å². The molecule has 0 aliphatic heterocycles. The Balaban J connectivity index is 3.05. The summed E-state index contributed by atoms with van der Waals surface area (Å²) in [6.07, 6.45) is 1.73. The summed E-state index contributed by atoms with van der Waals surface area (Å²) in [6.45, 7) is 1.81. The predicted molar refractivity (Wildman–Crippen MR) is 47.1 cm³/mol. The van der Waals surface area contributed by atoms with Crippen molar-refractivity contribution in [2.24, 2.45) is 0 Å². The predicted octanol–water partition coefficient (Wildman–Crippen LogP) is 0.315. The van der Waals surface area contributed by atoms with Gasteiger partial charge < -0.3 is 10.8 Å². The summed E-state index contributed by atoms with van der Waals surface area (Å²) in [4.78, 5) is 18.0. The van der Waals surface area contributed by atoms with Crippen LogP contribution >= 0.6 is 0 Å². The van der Waals surface area contributed by atoms with E-state index in [4.69, 9.17) is 5.73 Å². The number of rotatable bonds is 3. The Hall–Kier alpha value is -1.49. The highest BCUT2D eigenvalue weighted by Crippen LogP contribution is 2.14. The van der Waals surface area contributed by atoms with Gasteiger partial charge in [-0.05, 0) is 6.42 Å². The van der Waals surface area contributed by atoms with Gasteiger partial charge in [-0.1, -0.05) is 6.92 Å². The highest BCUT2D eigenvalue weighted by atomic mass is 16.3. The minimum Gasteiger partial charge on any atom is -0.387 e. The van der Waals surface area contributed by atoms with Gasteiger partial charge in [0.25, 0.3) is 0 Å². The van der Waals surface area contributed by atoms with Crippen LogP contribution < -0.4 is 5.73 Å². The average molecular weight is 181 g/mol. The van der Waals surface area contributed by atoms with Gasteiger partial charge >= 0.3 is 0 Å². The molecule has 1 heterocycles. The Morgan fingerprint density at radius 3 is 3.00 bits per heavy atom. The number of aromatic nitrogens is 2. The minimum absolute atomic E-state index is 0.0741. The molecule has 0 spiro atoms. The molecule has 3 N–H and O–H groups in total. The molecule has 0 radical (unpaired) electrons. The van der Waals surface area contributed by atoms with Crippen molar-refractivity contribution in [1.82, 2.24) is 9.97 Å². The molecule has 0 aromatic carbocycles. The summed E-state index contributed by atoms with van der Waals surface area (Å²) in [5.74, 6) is 0.0852. The number of carbonyl (C=O) groups is 1. The molecule has 0 amide bonds. The van der Waals surface area contributed by atoms with Crippen molar-refractivity contribution in [2.45, 2.75) is 19.4 Å². The second-order valence-electron chi connectivity index (χ2n) is 2.61. The molecular formula is C8H11N3O2. The maximum absolute atomic E-state index is 10.4. The van der Waals surface area contributed by atoms with E-state index < -0.39 is 6.10 Å². The molecule has 1 rings (SSSR count). The zero-order valence-corrected chi connectivity index (χ0v) is 7.27. The number of hydrogen-bond donors (Lipinski definition) is 2. The summed E-state index contributed by atoms with van der Waals surface area (Å²) in [7, 11) is 0. The summed E-state index contributed by atoms with van der Waals surface area (Å²) in [5.41, 5.74) is 5.80. The number of aliphatic hydroxyl groups is 1. The fraction of sp³-hybridized carbons (Fsp3) is 0.375. The molecule has 0 aliphatic carbocycles. The van der Waals surface area contributed by atoms with Crippen molar-refractivity contribution in [2.75, 3.05) is 5.73 Å². The Labute approximate surface area is 75.6 Å². The SMILES string of the molecule is CCC(O)c1cnc(N)c(C=O)n1. The molecule has 0 aliphatic rings. The molecule has 0 saturated carbocycles. The number of hydrogen-bond acceptors (Lipinski definition) is 5. The Bertz CT molecular complexity index is 314. The standard InChI is InChI=1S/C8H11N3O2/c1-2-7(13)5-3-10-8(9)6(4-12)11-5/h3-4,7,13H,2H2,1H3,(H2,9,10). The van der Waals surface area contributed by atoms with Gasteiger partial charge in [0.2, 0.25) is 0 Å². The van der Waals surface area contributed by atoms with Crippen molar-refractivity contribution in [1.29, 1.82) is 0 Å². The monoisotopic (exact) mass is 181 g/mol. The van der Waals surface area contributed by atoms with E-state index in [1.807, 2.05) is 6.92 Å². The van der Waals surface area contributed by atoms with E-state index in [9.17, 15) is 9.90 Å². The first kappa shape index (κ1) is 9.60. The van der Waals surface area contributed by atoms with E-state index >= 15 is 0 Å². The van der Waals surface area contributed by atoms with E-state index in [0.717, 1.165) is 0 Å². The zero-order chi connectivity index (χ0) is 9.84. The number of anilines is 1. The van der Waals surface area contributed by atoms with E-state index in [0.29, 0.717) is 18.4 Å². The fourth-order valence-corrected chi connectivity index (χ4v) is 0.883. The van der Waals surface area contributed by atoms with Crippen molar-refractivity contribution < 1.29 is 9.90 Å². The van der Waals surface area contributed by atoms with Crippen LogP contribution in [0.1, 0.15) is 35.6 Å². The summed E-state index contributed by atoms with van der Waals surface area (Å²) in [5, 5.41) is 9.38. The van der Waals surface area contributed by atoms with Gasteiger partial charge in [-0.3, -0.25) is 4.79 Å². The van der Waals surface area contributed by atoms with Gasteiger partial charge in [0, 0.05) is 0 Å². The van der Waals surface area contributed by atoms with Gasteiger partial charge in [0.05, 0.1) is 18.0 Å². The molecule has 5 heteroatoms. The lowest BCUT2D eigenvalue weighted by Gasteiger charge is -2.07. The number of nitrogens with two attached hydrogens (primary N) is 1. The van der Waals surface area contributed by atoms with Crippen molar-refractivity contribution in [3.63, 3.8) is 0 Å². The molecule has 1 atom stereocenters. The molecule has 0 saturated heterocycles. The quantitative estimate of drug-likeness (QED) is 0.655. The molecule has 1 aromatic heterocycles. The van der Waals surface area contributed by atoms with Crippen molar-refractivity contribution in [3.8, 4) is 0 Å². The highest BCUT2D eigenvalue weighted by molar-refractivity contribution is 5.78. The first-order chi connectivity index (χ1) is 6.19. The molecule has 0 bridgehead atoms. The Morgan fingerprint density at radius 2 is 2.46 bits per heavy atom. The summed E-state index contributed by atoms with van der Waals surface area (Å²) < 4.78 is 0. The lowest BCUT2D eigenvalue weighted by Crippen LogP contribution is -2.06. The summed E-state index contributed by atoms with van der Waals surface area (Å²) in [6, 6.07) is 0. The minimum atomic E-state index is -0.688. The average Bonchev–Trinajstić information content (AvgIpc) is 2.17. The number of nitrogens with zero attached hydrogens (tertiary/aromatic N) is 2. The molecule has 1 aromatic rings. The fourth-order valence-electron chi connectivity index (χ4n) is 0.883. The number of carbonyl (C=O) groups excluding carboxylic acids is 1. The molecule has 70 valence electrons. The van der Waals surface area contributed by atoms with Gasteiger partial charge in [0.15, 0.2) is 12.1 Å². The largest absolute Gasteiger partial charge is 0.387 e. The smallest absolute Gasteiger partial charge is 0.172 e. The molecule has 13 heavy (non-hydrogen) atoms. The van der Waals surface area contributed by atoms with E-state index in [-0.39, 0.29) is 11.5 Å². The number of aliphatic hydroxyl groups excluding tert-OH is 1. The lowest BCUT2D eigenvalue weighted by atomic mass is 10.2. The van der Waals surface area contributed by atoms with Gasteiger partial charge in [-0.25, -0.2) is 9.97 Å². The van der Waals surface area contributed by atoms with Crippen LogP contribution in [0.2, 0.25) is 0 Å². The lowest BCUT2D eigenvalue weighted by molar-refractivity contribution is 0.111. The highest BCUT2D eigenvalue weighted by Gasteiger charge is 2.09. The van der Waals surface area contributed by atoms with Crippen molar-refractivity contribution >= 4 is 12.1 Å². The Morgan fingerprint density at radius 1 is 1.77 bits per heavy atom. The van der Waals surface area contributed by atoms with Gasteiger partial charge in [-0.2, -0.15) is 0 Å². The molecular weight excluding hydrogens is 170 g/mol.